The third-order valence-corrected chi connectivity index (χ3v) is 8.50. The third-order valence-electron chi connectivity index (χ3n) is 8.50. The van der Waals surface area contributed by atoms with E-state index in [1.54, 1.807) is 0 Å². The molecule has 0 radical (unpaired) electrons. The van der Waals surface area contributed by atoms with Crippen LogP contribution in [0.3, 0.4) is 0 Å². The van der Waals surface area contributed by atoms with Crippen molar-refractivity contribution in [3.05, 3.63) is 96.1 Å². The number of benzene rings is 3. The number of ether oxygens (including phenoxy) is 2. The van der Waals surface area contributed by atoms with Gasteiger partial charge in [-0.1, -0.05) is 84.9 Å². The summed E-state index contributed by atoms with van der Waals surface area (Å²) in [5, 5.41) is 40.6. The highest BCUT2D eigenvalue weighted by atomic mass is 16.7. The molecule has 2 saturated heterocycles. The summed E-state index contributed by atoms with van der Waals surface area (Å²) in [6.07, 6.45) is 0.666. The van der Waals surface area contributed by atoms with E-state index < -0.39 is 28.6 Å². The Kier molecular flexibility index (Phi) is 5.16. The molecular formula is C31H24N4O2. The van der Waals surface area contributed by atoms with Crippen LogP contribution in [0.25, 0.3) is 11.1 Å². The van der Waals surface area contributed by atoms with Crippen LogP contribution in [-0.4, -0.2) is 11.7 Å². The molecule has 2 aliphatic heterocycles. The van der Waals surface area contributed by atoms with Crippen molar-refractivity contribution in [3.63, 3.8) is 0 Å². The first-order chi connectivity index (χ1) is 18.0. The van der Waals surface area contributed by atoms with Gasteiger partial charge in [0.25, 0.3) is 0 Å². The lowest BCUT2D eigenvalue weighted by molar-refractivity contribution is -0.296. The van der Waals surface area contributed by atoms with E-state index in [2.05, 4.69) is 30.3 Å². The Hall–Kier alpha value is -4.44. The van der Waals surface area contributed by atoms with Crippen LogP contribution >= 0.6 is 0 Å². The van der Waals surface area contributed by atoms with Crippen molar-refractivity contribution in [2.45, 2.75) is 37.1 Å². The lowest BCUT2D eigenvalue weighted by Crippen LogP contribution is -2.60. The van der Waals surface area contributed by atoms with Crippen molar-refractivity contribution in [3.8, 4) is 29.3 Å². The van der Waals surface area contributed by atoms with Crippen LogP contribution < -0.4 is 0 Å². The molecule has 3 fully saturated rings. The van der Waals surface area contributed by atoms with Gasteiger partial charge in [-0.3, -0.25) is 5.41 Å². The summed E-state index contributed by atoms with van der Waals surface area (Å²) >= 11 is 0. The minimum absolute atomic E-state index is 0.113. The lowest BCUT2D eigenvalue weighted by atomic mass is 9.50. The summed E-state index contributed by atoms with van der Waals surface area (Å²) in [7, 11) is 0. The zero-order valence-electron chi connectivity index (χ0n) is 20.1. The van der Waals surface area contributed by atoms with Gasteiger partial charge in [0.15, 0.2) is 5.41 Å². The van der Waals surface area contributed by atoms with Gasteiger partial charge < -0.3 is 9.47 Å². The smallest absolute Gasteiger partial charge is 0.217 e. The van der Waals surface area contributed by atoms with E-state index in [9.17, 15) is 15.8 Å². The molecule has 6 rings (SSSR count). The number of nitrogens with one attached hydrogen (secondary N) is 1. The van der Waals surface area contributed by atoms with Gasteiger partial charge in [-0.05, 0) is 41.0 Å². The fourth-order valence-electron chi connectivity index (χ4n) is 6.65. The van der Waals surface area contributed by atoms with E-state index in [0.29, 0.717) is 18.4 Å². The second-order valence-electron chi connectivity index (χ2n) is 10.1. The largest absolute Gasteiger partial charge is 0.447 e. The Morgan fingerprint density at radius 1 is 0.757 bits per heavy atom. The van der Waals surface area contributed by atoms with E-state index in [1.807, 2.05) is 72.8 Å². The zero-order valence-corrected chi connectivity index (χ0v) is 20.1. The second-order valence-corrected chi connectivity index (χ2v) is 10.1. The first-order valence-electron chi connectivity index (χ1n) is 12.4. The molecule has 0 amide bonds. The van der Waals surface area contributed by atoms with Crippen LogP contribution in [0.5, 0.6) is 0 Å². The molecule has 6 heteroatoms. The van der Waals surface area contributed by atoms with Gasteiger partial charge in [0, 0.05) is 6.42 Å². The number of rotatable bonds is 3. The zero-order chi connectivity index (χ0) is 25.7. The minimum Gasteiger partial charge on any atom is -0.447 e. The van der Waals surface area contributed by atoms with Gasteiger partial charge >= 0.3 is 0 Å². The molecule has 3 aromatic rings. The maximum atomic E-state index is 10.7. The summed E-state index contributed by atoms with van der Waals surface area (Å²) in [5.74, 6) is -2.06. The van der Waals surface area contributed by atoms with Gasteiger partial charge in [-0.25, -0.2) is 0 Å². The van der Waals surface area contributed by atoms with E-state index in [0.717, 1.165) is 23.1 Å². The fourth-order valence-corrected chi connectivity index (χ4v) is 6.65. The summed E-state index contributed by atoms with van der Waals surface area (Å²) in [4.78, 5) is 0. The average Bonchev–Trinajstić information content (AvgIpc) is 3.17. The monoisotopic (exact) mass is 484 g/mol. The van der Waals surface area contributed by atoms with Gasteiger partial charge in [-0.15, -0.1) is 0 Å². The van der Waals surface area contributed by atoms with Crippen molar-refractivity contribution in [2.24, 2.45) is 16.7 Å². The van der Waals surface area contributed by atoms with Crippen molar-refractivity contribution in [2.75, 3.05) is 0 Å². The number of hydrogen-bond acceptors (Lipinski definition) is 6. The number of nitriles is 3. The van der Waals surface area contributed by atoms with E-state index in [4.69, 9.17) is 14.9 Å². The first kappa shape index (κ1) is 23.0. The lowest BCUT2D eigenvalue weighted by Gasteiger charge is -2.52. The molecule has 3 aromatic carbocycles. The molecule has 0 aromatic heterocycles. The minimum atomic E-state index is -1.95. The molecule has 6 nitrogen and oxygen atoms in total. The highest BCUT2D eigenvalue weighted by Crippen LogP contribution is 2.70. The molecule has 1 aliphatic carbocycles. The Morgan fingerprint density at radius 3 is 2.00 bits per heavy atom. The number of nitrogens with zero attached hydrogens (tertiary/aromatic N) is 3. The van der Waals surface area contributed by atoms with Crippen LogP contribution in [0.1, 0.15) is 42.4 Å². The molecular weight excluding hydrogens is 460 g/mol. The van der Waals surface area contributed by atoms with Crippen LogP contribution in [-0.2, 0) is 9.47 Å². The maximum Gasteiger partial charge on any atom is 0.217 e. The fraction of sp³-hybridized carbons (Fsp3) is 0.290. The van der Waals surface area contributed by atoms with Crippen LogP contribution in [0.15, 0.2) is 84.9 Å². The quantitative estimate of drug-likeness (QED) is 0.471. The molecule has 1 saturated carbocycles. The Morgan fingerprint density at radius 2 is 1.38 bits per heavy atom. The predicted octanol–water partition coefficient (Wildman–Crippen LogP) is 6.26. The van der Waals surface area contributed by atoms with Crippen molar-refractivity contribution < 1.29 is 9.47 Å². The summed E-state index contributed by atoms with van der Waals surface area (Å²) in [6.45, 7) is 0. The molecule has 5 atom stereocenters. The summed E-state index contributed by atoms with van der Waals surface area (Å²) in [6, 6.07) is 34.1. The Labute approximate surface area is 215 Å². The predicted molar refractivity (Wildman–Crippen MR) is 135 cm³/mol. The summed E-state index contributed by atoms with van der Waals surface area (Å²) in [5.41, 5.74) is 0.0858. The Balaban J connectivity index is 1.45. The van der Waals surface area contributed by atoms with Crippen LogP contribution in [0, 0.1) is 56.2 Å². The third kappa shape index (κ3) is 3.02. The standard InChI is InChI=1S/C31H24N4O2/c32-18-29(19-33)27(24-13-11-23(12-14-24)21-7-3-1-4-8-21)36-31-16-15-25(22-9-5-2-6-10-22)17-26(31)30(29,20-34)28(35)37-31/h1-14,25-27,35H,15-17H2. The molecule has 37 heavy (non-hydrogen) atoms. The van der Waals surface area contributed by atoms with Gasteiger partial charge in [0.1, 0.15) is 6.10 Å². The molecule has 3 aliphatic rings. The first-order valence-corrected chi connectivity index (χ1v) is 12.4. The van der Waals surface area contributed by atoms with Crippen molar-refractivity contribution in [1.82, 2.24) is 0 Å². The SMILES string of the molecule is N#CC1(C#N)C(c2ccc(-c3ccccc3)cc2)OC23CCC(c4ccccc4)CC2C1(C#N)C(=N)O3. The van der Waals surface area contributed by atoms with E-state index in [-0.39, 0.29) is 11.8 Å². The molecule has 180 valence electrons. The molecule has 2 heterocycles. The van der Waals surface area contributed by atoms with Crippen molar-refractivity contribution in [1.29, 1.82) is 21.2 Å². The molecule has 2 bridgehead atoms. The second kappa shape index (κ2) is 8.31. The Bertz CT molecular complexity index is 1470. The van der Waals surface area contributed by atoms with E-state index in [1.165, 1.54) is 0 Å². The molecule has 5 unspecified atom stereocenters. The topological polar surface area (TPSA) is 114 Å². The van der Waals surface area contributed by atoms with Crippen molar-refractivity contribution >= 4 is 5.90 Å². The van der Waals surface area contributed by atoms with Crippen LogP contribution in [0.2, 0.25) is 0 Å². The highest BCUT2D eigenvalue weighted by Gasteiger charge is 2.81. The average molecular weight is 485 g/mol. The van der Waals surface area contributed by atoms with Crippen LogP contribution in [0.4, 0.5) is 0 Å². The van der Waals surface area contributed by atoms with Gasteiger partial charge in [0.05, 0.1) is 24.1 Å². The summed E-state index contributed by atoms with van der Waals surface area (Å²) < 4.78 is 12.7. The maximum absolute atomic E-state index is 10.7. The molecule has 0 spiro atoms. The van der Waals surface area contributed by atoms with Gasteiger partial charge in [0.2, 0.25) is 17.1 Å². The normalized spacial score (nSPS) is 31.2. The number of hydrogen-bond donors (Lipinski definition) is 1. The van der Waals surface area contributed by atoms with Gasteiger partial charge in [-0.2, -0.15) is 15.8 Å². The van der Waals surface area contributed by atoms with E-state index >= 15 is 0 Å². The molecule has 1 N–H and O–H groups in total. The highest BCUT2D eigenvalue weighted by molar-refractivity contribution is 5.89.